The molecule has 5 heterocycles. The van der Waals surface area contributed by atoms with Crippen molar-refractivity contribution in [3.05, 3.63) is 29.8 Å². The van der Waals surface area contributed by atoms with Crippen molar-refractivity contribution in [2.24, 2.45) is 22.7 Å². The van der Waals surface area contributed by atoms with E-state index in [9.17, 15) is 9.59 Å². The van der Waals surface area contributed by atoms with Crippen LogP contribution < -0.4 is 0 Å². The van der Waals surface area contributed by atoms with Crippen molar-refractivity contribution in [3.8, 4) is 0 Å². The van der Waals surface area contributed by atoms with Crippen LogP contribution in [0.25, 0.3) is 0 Å². The third kappa shape index (κ3) is 1.44. The Morgan fingerprint density at radius 1 is 1.38 bits per heavy atom. The average Bonchev–Trinajstić information content (AvgIpc) is 3.08. The van der Waals surface area contributed by atoms with Gasteiger partial charge in [-0.1, -0.05) is 18.2 Å². The minimum absolute atomic E-state index is 0.0235. The molecule has 5 heteroatoms. The summed E-state index contributed by atoms with van der Waals surface area (Å²) in [7, 11) is 0. The van der Waals surface area contributed by atoms with Gasteiger partial charge in [0.15, 0.2) is 0 Å². The smallest absolute Gasteiger partial charge is 0.302 e. The number of aliphatic imine (C=N–C) groups is 1. The lowest BCUT2D eigenvalue weighted by atomic mass is 9.62. The summed E-state index contributed by atoms with van der Waals surface area (Å²) in [6.07, 6.45) is 2.85. The van der Waals surface area contributed by atoms with E-state index in [1.807, 2.05) is 6.07 Å². The zero-order valence-corrected chi connectivity index (χ0v) is 15.0. The van der Waals surface area contributed by atoms with Gasteiger partial charge in [-0.25, -0.2) is 0 Å². The van der Waals surface area contributed by atoms with E-state index < -0.39 is 0 Å². The Bertz CT molecular complexity index is 880. The maximum absolute atomic E-state index is 12.0. The first kappa shape index (κ1) is 15.1. The Kier molecular flexibility index (Phi) is 2.69. The van der Waals surface area contributed by atoms with Gasteiger partial charge in [-0.2, -0.15) is 0 Å². The van der Waals surface area contributed by atoms with E-state index in [2.05, 4.69) is 30.0 Å². The highest BCUT2D eigenvalue weighted by molar-refractivity contribution is 6.08. The minimum atomic E-state index is -0.287. The average molecular weight is 350 g/mol. The molecule has 1 aromatic carbocycles. The standard InChI is InChI=1S/C21H22N2O3/c1-10-13(9-24)12-7-16-19-21(14-5-3-4-6-15(14)22-19)8-17(23(10)16)18(12)20(21)26-11(2)25/h3-6,9-10,12-13,16-18,20H,7-8H2,1-2H3/t10-,12+,13+,16+,17+,18+,20+,21-/m0/s1. The molecule has 4 saturated heterocycles. The van der Waals surface area contributed by atoms with Crippen LogP contribution in [0.15, 0.2) is 29.3 Å². The fourth-order valence-electron chi connectivity index (χ4n) is 7.28. The van der Waals surface area contributed by atoms with Crippen molar-refractivity contribution in [2.75, 3.05) is 0 Å². The predicted octanol–water partition coefficient (Wildman–Crippen LogP) is 2.25. The minimum Gasteiger partial charge on any atom is -0.461 e. The molecule has 26 heavy (non-hydrogen) atoms. The number of piperidine rings is 4. The quantitative estimate of drug-likeness (QED) is 0.606. The molecule has 9 atom stereocenters. The van der Waals surface area contributed by atoms with E-state index in [-0.39, 0.29) is 47.3 Å². The number of aldehydes is 1. The third-order valence-electron chi connectivity index (χ3n) is 7.91. The van der Waals surface area contributed by atoms with Crippen LogP contribution in [0.1, 0.15) is 32.3 Å². The lowest BCUT2D eigenvalue weighted by Crippen LogP contribution is -2.69. The summed E-state index contributed by atoms with van der Waals surface area (Å²) in [5, 5.41) is 0. The lowest BCUT2D eigenvalue weighted by molar-refractivity contribution is -0.159. The van der Waals surface area contributed by atoms with E-state index in [1.54, 1.807) is 0 Å². The number of benzene rings is 1. The molecule has 1 spiro atoms. The normalized spacial score (nSPS) is 48.8. The van der Waals surface area contributed by atoms with E-state index >= 15 is 0 Å². The fourth-order valence-corrected chi connectivity index (χ4v) is 7.28. The van der Waals surface area contributed by atoms with E-state index in [4.69, 9.17) is 9.73 Å². The number of rotatable bonds is 2. The molecule has 1 aromatic rings. The summed E-state index contributed by atoms with van der Waals surface area (Å²) in [4.78, 5) is 31.5. The molecule has 0 amide bonds. The number of nitrogens with zero attached hydrogens (tertiary/aromatic N) is 2. The Morgan fingerprint density at radius 2 is 2.19 bits per heavy atom. The van der Waals surface area contributed by atoms with Crippen LogP contribution in [-0.2, 0) is 19.7 Å². The van der Waals surface area contributed by atoms with Gasteiger partial charge in [-0.3, -0.25) is 14.7 Å². The first-order valence-corrected chi connectivity index (χ1v) is 9.66. The number of carbonyl (C=O) groups excluding carboxylic acids is 2. The van der Waals surface area contributed by atoms with Crippen molar-refractivity contribution >= 4 is 23.7 Å². The highest BCUT2D eigenvalue weighted by Gasteiger charge is 2.75. The zero-order chi connectivity index (χ0) is 17.8. The van der Waals surface area contributed by atoms with Gasteiger partial charge in [0, 0.05) is 30.8 Å². The lowest BCUT2D eigenvalue weighted by Gasteiger charge is -2.60. The van der Waals surface area contributed by atoms with Gasteiger partial charge in [0.05, 0.1) is 22.9 Å². The molecule has 5 fully saturated rings. The number of fused-ring (bicyclic) bond motifs is 2. The molecule has 5 nitrogen and oxygen atoms in total. The van der Waals surface area contributed by atoms with E-state index in [0.29, 0.717) is 6.04 Å². The molecule has 5 bridgehead atoms. The second-order valence-electron chi connectivity index (χ2n) is 8.68. The summed E-state index contributed by atoms with van der Waals surface area (Å²) in [6.45, 7) is 3.69. The number of para-hydroxylation sites is 1. The predicted molar refractivity (Wildman–Crippen MR) is 95.4 cm³/mol. The van der Waals surface area contributed by atoms with Crippen LogP contribution in [0, 0.1) is 17.8 Å². The van der Waals surface area contributed by atoms with Gasteiger partial charge < -0.3 is 9.53 Å². The largest absolute Gasteiger partial charge is 0.461 e. The maximum atomic E-state index is 12.0. The third-order valence-corrected chi connectivity index (χ3v) is 7.91. The number of ether oxygens (including phenoxy) is 1. The molecule has 0 aromatic heterocycles. The molecule has 1 aliphatic carbocycles. The Morgan fingerprint density at radius 3 is 2.96 bits per heavy atom. The SMILES string of the molecule is CC(=O)O[C@@H]1[C@@H]2[C@@H]3C[C@@H]4C5=Nc6ccccc6[C@@]51C[C@H]2N4[C@@H](C)[C@H]3C=O. The fraction of sp³-hybridized carbons (Fsp3) is 0.571. The topological polar surface area (TPSA) is 59.0 Å². The monoisotopic (exact) mass is 350 g/mol. The summed E-state index contributed by atoms with van der Waals surface area (Å²) in [6, 6.07) is 9.21. The molecule has 1 saturated carbocycles. The number of hydrogen-bond donors (Lipinski definition) is 0. The molecule has 7 rings (SSSR count). The van der Waals surface area contributed by atoms with Gasteiger partial charge in [-0.15, -0.1) is 0 Å². The summed E-state index contributed by atoms with van der Waals surface area (Å²) >= 11 is 0. The van der Waals surface area contributed by atoms with Crippen LogP contribution in [0.5, 0.6) is 0 Å². The Balaban J connectivity index is 1.61. The molecule has 5 aliphatic heterocycles. The van der Waals surface area contributed by atoms with Crippen LogP contribution in [0.2, 0.25) is 0 Å². The van der Waals surface area contributed by atoms with Crippen LogP contribution in [0.3, 0.4) is 0 Å². The van der Waals surface area contributed by atoms with Crippen molar-refractivity contribution in [1.29, 1.82) is 0 Å². The molecule has 6 aliphatic rings. The highest BCUT2D eigenvalue weighted by Crippen LogP contribution is 2.67. The highest BCUT2D eigenvalue weighted by atomic mass is 16.5. The van der Waals surface area contributed by atoms with Crippen LogP contribution in [0.4, 0.5) is 5.69 Å². The molecule has 0 N–H and O–H groups in total. The Hall–Kier alpha value is -2.01. The second-order valence-corrected chi connectivity index (χ2v) is 8.68. The van der Waals surface area contributed by atoms with Gasteiger partial charge in [0.25, 0.3) is 0 Å². The van der Waals surface area contributed by atoms with E-state index in [0.717, 1.165) is 24.8 Å². The molecular weight excluding hydrogens is 328 g/mol. The van der Waals surface area contributed by atoms with Gasteiger partial charge in [-0.05, 0) is 37.3 Å². The zero-order valence-electron chi connectivity index (χ0n) is 15.0. The van der Waals surface area contributed by atoms with Gasteiger partial charge in [0.2, 0.25) is 0 Å². The first-order chi connectivity index (χ1) is 12.6. The van der Waals surface area contributed by atoms with Crippen molar-refractivity contribution in [1.82, 2.24) is 4.90 Å². The van der Waals surface area contributed by atoms with Crippen LogP contribution in [-0.4, -0.2) is 47.1 Å². The second kappa shape index (κ2) is 4.63. The van der Waals surface area contributed by atoms with Crippen LogP contribution >= 0.6 is 0 Å². The number of carbonyl (C=O) groups is 2. The number of esters is 1. The maximum Gasteiger partial charge on any atom is 0.302 e. The van der Waals surface area contributed by atoms with Gasteiger partial charge >= 0.3 is 5.97 Å². The molecule has 1 unspecified atom stereocenters. The first-order valence-electron chi connectivity index (χ1n) is 9.66. The summed E-state index contributed by atoms with van der Waals surface area (Å²) in [5.41, 5.74) is 3.15. The van der Waals surface area contributed by atoms with Gasteiger partial charge in [0.1, 0.15) is 12.4 Å². The Labute approximate surface area is 152 Å². The van der Waals surface area contributed by atoms with Crippen molar-refractivity contribution in [2.45, 2.75) is 56.3 Å². The molecular formula is C21H22N2O3. The number of hydrogen-bond acceptors (Lipinski definition) is 5. The molecule has 134 valence electrons. The summed E-state index contributed by atoms with van der Waals surface area (Å²) < 4.78 is 6.04. The summed E-state index contributed by atoms with van der Waals surface area (Å²) in [5.74, 6) is 0.299. The van der Waals surface area contributed by atoms with Crippen molar-refractivity contribution in [3.63, 3.8) is 0 Å². The van der Waals surface area contributed by atoms with E-state index in [1.165, 1.54) is 18.2 Å². The molecule has 0 radical (unpaired) electrons. The van der Waals surface area contributed by atoms with Crippen molar-refractivity contribution < 1.29 is 14.3 Å².